The highest BCUT2D eigenvalue weighted by molar-refractivity contribution is 5.90. The minimum Gasteiger partial charge on any atom is -0.457 e. The molecule has 0 saturated carbocycles. The van der Waals surface area contributed by atoms with Gasteiger partial charge in [-0.2, -0.15) is 4.98 Å². The van der Waals surface area contributed by atoms with Crippen LogP contribution in [0.5, 0.6) is 11.5 Å². The fourth-order valence-electron chi connectivity index (χ4n) is 4.64. The molecule has 1 saturated heterocycles. The number of piperazine rings is 1. The van der Waals surface area contributed by atoms with E-state index >= 15 is 0 Å². The van der Waals surface area contributed by atoms with Gasteiger partial charge in [0.1, 0.15) is 17.3 Å². The summed E-state index contributed by atoms with van der Waals surface area (Å²) in [6.07, 6.45) is 1.76. The first-order valence-corrected chi connectivity index (χ1v) is 11.3. The van der Waals surface area contributed by atoms with E-state index < -0.39 is 0 Å². The number of aromatic nitrogens is 3. The molecule has 2 aliphatic rings. The lowest BCUT2D eigenvalue weighted by Gasteiger charge is -2.38. The van der Waals surface area contributed by atoms with E-state index in [2.05, 4.69) is 20.0 Å². The number of hydrogen-bond donors (Lipinski definition) is 0. The molecule has 4 heterocycles. The SMILES string of the molecule is Cc1nc(-c2ccc(N3CCN(C(=O)C4c5ccccc5Oc5ccccc54)CC3)nc2)no1. The van der Waals surface area contributed by atoms with E-state index in [1.165, 1.54) is 0 Å². The standard InChI is InChI=1S/C26H23N5O3/c1-17-28-25(29-34-17)18-10-11-23(27-16-18)30-12-14-31(15-13-30)26(32)24-19-6-2-4-8-21(19)33-22-9-5-3-7-20(22)24/h2-11,16,24H,12-15H2,1H3. The van der Waals surface area contributed by atoms with Crippen LogP contribution in [0.1, 0.15) is 22.9 Å². The lowest BCUT2D eigenvalue weighted by molar-refractivity contribution is -0.132. The van der Waals surface area contributed by atoms with Crippen LogP contribution in [0.4, 0.5) is 5.82 Å². The Morgan fingerprint density at radius 2 is 1.59 bits per heavy atom. The second kappa shape index (κ2) is 8.30. The maximum Gasteiger partial charge on any atom is 0.234 e. The van der Waals surface area contributed by atoms with Gasteiger partial charge in [0.2, 0.25) is 17.6 Å². The predicted octanol–water partition coefficient (Wildman–Crippen LogP) is 4.03. The molecule has 0 aliphatic carbocycles. The van der Waals surface area contributed by atoms with Crippen molar-refractivity contribution in [3.05, 3.63) is 83.9 Å². The minimum atomic E-state index is -0.358. The molecular formula is C26H23N5O3. The Kier molecular flexibility index (Phi) is 4.98. The molecule has 8 nitrogen and oxygen atoms in total. The van der Waals surface area contributed by atoms with Crippen molar-refractivity contribution in [2.24, 2.45) is 0 Å². The number of para-hydroxylation sites is 2. The molecule has 1 fully saturated rings. The van der Waals surface area contributed by atoms with Crippen LogP contribution in [0.25, 0.3) is 11.4 Å². The first kappa shape index (κ1) is 20.4. The van der Waals surface area contributed by atoms with Gasteiger partial charge in [0, 0.05) is 56.0 Å². The molecular weight excluding hydrogens is 430 g/mol. The van der Waals surface area contributed by atoms with Gasteiger partial charge in [0.25, 0.3) is 0 Å². The summed E-state index contributed by atoms with van der Waals surface area (Å²) in [4.78, 5) is 26.7. The number of fused-ring (bicyclic) bond motifs is 2. The summed E-state index contributed by atoms with van der Waals surface area (Å²) in [7, 11) is 0. The molecule has 6 rings (SSSR count). The summed E-state index contributed by atoms with van der Waals surface area (Å²) in [6, 6.07) is 19.5. The number of carbonyl (C=O) groups is 1. The number of benzene rings is 2. The number of carbonyl (C=O) groups excluding carboxylic acids is 1. The first-order chi connectivity index (χ1) is 16.7. The smallest absolute Gasteiger partial charge is 0.234 e. The van der Waals surface area contributed by atoms with Gasteiger partial charge in [0.05, 0.1) is 5.92 Å². The summed E-state index contributed by atoms with van der Waals surface area (Å²) in [5.74, 6) is 3.18. The molecule has 0 atom stereocenters. The highest BCUT2D eigenvalue weighted by Crippen LogP contribution is 2.44. The van der Waals surface area contributed by atoms with Gasteiger partial charge < -0.3 is 19.1 Å². The fourth-order valence-corrected chi connectivity index (χ4v) is 4.64. The van der Waals surface area contributed by atoms with E-state index in [1.807, 2.05) is 65.6 Å². The highest BCUT2D eigenvalue weighted by atomic mass is 16.5. The van der Waals surface area contributed by atoms with Crippen LogP contribution < -0.4 is 9.64 Å². The lowest BCUT2D eigenvalue weighted by atomic mass is 9.86. The molecule has 2 aliphatic heterocycles. The van der Waals surface area contributed by atoms with Crippen LogP contribution in [0, 0.1) is 6.92 Å². The average Bonchev–Trinajstić information content (AvgIpc) is 3.33. The van der Waals surface area contributed by atoms with Crippen LogP contribution in [-0.4, -0.2) is 52.1 Å². The van der Waals surface area contributed by atoms with Gasteiger partial charge in [-0.25, -0.2) is 4.98 Å². The summed E-state index contributed by atoms with van der Waals surface area (Å²) < 4.78 is 11.1. The van der Waals surface area contributed by atoms with Crippen molar-refractivity contribution in [2.75, 3.05) is 31.1 Å². The molecule has 2 aromatic carbocycles. The van der Waals surface area contributed by atoms with Crippen LogP contribution in [-0.2, 0) is 4.79 Å². The fraction of sp³-hybridized carbons (Fsp3) is 0.231. The minimum absolute atomic E-state index is 0.110. The maximum atomic E-state index is 13.7. The normalized spacial score (nSPS) is 15.4. The number of nitrogens with zero attached hydrogens (tertiary/aromatic N) is 5. The Hall–Kier alpha value is -4.20. The van der Waals surface area contributed by atoms with Crippen molar-refractivity contribution in [2.45, 2.75) is 12.8 Å². The second-order valence-electron chi connectivity index (χ2n) is 8.47. The third-order valence-corrected chi connectivity index (χ3v) is 6.38. The zero-order chi connectivity index (χ0) is 23.1. The first-order valence-electron chi connectivity index (χ1n) is 11.3. The monoisotopic (exact) mass is 453 g/mol. The Morgan fingerprint density at radius 3 is 2.18 bits per heavy atom. The van der Waals surface area contributed by atoms with Crippen molar-refractivity contribution in [3.8, 4) is 22.9 Å². The molecule has 0 spiro atoms. The van der Waals surface area contributed by atoms with Gasteiger partial charge >= 0.3 is 0 Å². The van der Waals surface area contributed by atoms with Gasteiger partial charge in [-0.3, -0.25) is 4.79 Å². The molecule has 4 aromatic rings. The molecule has 8 heteroatoms. The number of aryl methyl sites for hydroxylation is 1. The Balaban J connectivity index is 1.18. The van der Waals surface area contributed by atoms with Crippen molar-refractivity contribution >= 4 is 11.7 Å². The quantitative estimate of drug-likeness (QED) is 0.463. The topological polar surface area (TPSA) is 84.6 Å². The molecule has 0 bridgehead atoms. The summed E-state index contributed by atoms with van der Waals surface area (Å²) in [5.41, 5.74) is 2.65. The number of ether oxygens (including phenoxy) is 1. The Labute approximate surface area is 196 Å². The number of hydrogen-bond acceptors (Lipinski definition) is 7. The second-order valence-corrected chi connectivity index (χ2v) is 8.47. The molecule has 0 unspecified atom stereocenters. The van der Waals surface area contributed by atoms with E-state index in [4.69, 9.17) is 9.26 Å². The van der Waals surface area contributed by atoms with Crippen molar-refractivity contribution in [1.82, 2.24) is 20.0 Å². The molecule has 0 radical (unpaired) electrons. The number of amides is 1. The van der Waals surface area contributed by atoms with E-state index in [0.29, 0.717) is 37.9 Å². The zero-order valence-electron chi connectivity index (χ0n) is 18.7. The molecule has 34 heavy (non-hydrogen) atoms. The molecule has 2 aromatic heterocycles. The van der Waals surface area contributed by atoms with Crippen LogP contribution in [0.15, 0.2) is 71.4 Å². The van der Waals surface area contributed by atoms with Crippen LogP contribution in [0.3, 0.4) is 0 Å². The number of rotatable bonds is 3. The van der Waals surface area contributed by atoms with Crippen molar-refractivity contribution < 1.29 is 14.1 Å². The van der Waals surface area contributed by atoms with Gasteiger partial charge in [-0.05, 0) is 24.3 Å². The van der Waals surface area contributed by atoms with Crippen molar-refractivity contribution in [1.29, 1.82) is 0 Å². The molecule has 1 amide bonds. The lowest BCUT2D eigenvalue weighted by Crippen LogP contribution is -2.50. The third-order valence-electron chi connectivity index (χ3n) is 6.38. The third kappa shape index (κ3) is 3.57. The Bertz CT molecular complexity index is 1300. The largest absolute Gasteiger partial charge is 0.457 e. The summed E-state index contributed by atoms with van der Waals surface area (Å²) >= 11 is 0. The van der Waals surface area contributed by atoms with Crippen molar-refractivity contribution in [3.63, 3.8) is 0 Å². The summed E-state index contributed by atoms with van der Waals surface area (Å²) in [5, 5.41) is 3.94. The molecule has 170 valence electrons. The van der Waals surface area contributed by atoms with Gasteiger partial charge in [0.15, 0.2) is 0 Å². The van der Waals surface area contributed by atoms with Gasteiger partial charge in [-0.1, -0.05) is 41.6 Å². The van der Waals surface area contributed by atoms with E-state index in [1.54, 1.807) is 13.1 Å². The van der Waals surface area contributed by atoms with E-state index in [9.17, 15) is 4.79 Å². The maximum absolute atomic E-state index is 13.7. The average molecular weight is 454 g/mol. The number of pyridine rings is 1. The van der Waals surface area contributed by atoms with Crippen LogP contribution in [0.2, 0.25) is 0 Å². The van der Waals surface area contributed by atoms with Crippen LogP contribution >= 0.6 is 0 Å². The Morgan fingerprint density at radius 1 is 0.912 bits per heavy atom. The zero-order valence-corrected chi connectivity index (χ0v) is 18.7. The van der Waals surface area contributed by atoms with E-state index in [0.717, 1.165) is 34.0 Å². The highest BCUT2D eigenvalue weighted by Gasteiger charge is 2.36. The predicted molar refractivity (Wildman–Crippen MR) is 126 cm³/mol. The van der Waals surface area contributed by atoms with Gasteiger partial charge in [-0.15, -0.1) is 0 Å². The number of anilines is 1. The summed E-state index contributed by atoms with van der Waals surface area (Å²) in [6.45, 7) is 4.45. The molecule has 0 N–H and O–H groups in total. The van der Waals surface area contributed by atoms with E-state index in [-0.39, 0.29) is 11.8 Å².